The fourth-order valence-corrected chi connectivity index (χ4v) is 2.66. The van der Waals surface area contributed by atoms with Crippen LogP contribution in [-0.4, -0.2) is 65.8 Å². The summed E-state index contributed by atoms with van der Waals surface area (Å²) in [5, 5.41) is 33.3. The highest BCUT2D eigenvalue weighted by atomic mass is 16.6. The predicted molar refractivity (Wildman–Crippen MR) is 78.5 cm³/mol. The number of aromatic nitrogens is 4. The van der Waals surface area contributed by atoms with Crippen LogP contribution in [0, 0.1) is 0 Å². The third-order valence-corrected chi connectivity index (χ3v) is 3.90. The zero-order valence-corrected chi connectivity index (χ0v) is 12.1. The standard InChI is InChI=1S/C11H14N8O5/c12-10-16-7-4(8(23)17-10)14-3-19(7)9-5(21)6(22)11(2-20,24-9)1-15-18-13/h3,5-6,9,20-22H,1-2H2,(H3,12,16,17,23)/t5-,6+,9-,11-/m1/s1. The summed E-state index contributed by atoms with van der Waals surface area (Å²) in [5.74, 6) is -0.162. The summed E-state index contributed by atoms with van der Waals surface area (Å²) in [5.41, 5.74) is 11.7. The Balaban J connectivity index is 2.07. The zero-order valence-electron chi connectivity index (χ0n) is 12.1. The van der Waals surface area contributed by atoms with Gasteiger partial charge in [-0.25, -0.2) is 4.98 Å². The van der Waals surface area contributed by atoms with Gasteiger partial charge in [0.15, 0.2) is 17.4 Å². The van der Waals surface area contributed by atoms with Crippen molar-refractivity contribution >= 4 is 17.1 Å². The van der Waals surface area contributed by atoms with Crippen LogP contribution >= 0.6 is 0 Å². The fourth-order valence-electron chi connectivity index (χ4n) is 2.66. The minimum Gasteiger partial charge on any atom is -0.393 e. The van der Waals surface area contributed by atoms with Gasteiger partial charge in [0.25, 0.3) is 5.56 Å². The first-order chi connectivity index (χ1) is 11.4. The molecule has 0 unspecified atom stereocenters. The topological polar surface area (TPSA) is 208 Å². The summed E-state index contributed by atoms with van der Waals surface area (Å²) in [6, 6.07) is 0. The van der Waals surface area contributed by atoms with Crippen LogP contribution in [0.25, 0.3) is 21.6 Å². The van der Waals surface area contributed by atoms with Crippen molar-refractivity contribution in [3.05, 3.63) is 27.1 Å². The number of nitrogens with zero attached hydrogens (tertiary/aromatic N) is 6. The van der Waals surface area contributed by atoms with Gasteiger partial charge in [0.2, 0.25) is 5.95 Å². The van der Waals surface area contributed by atoms with Gasteiger partial charge in [-0.2, -0.15) is 4.98 Å². The maximum Gasteiger partial charge on any atom is 0.280 e. The number of aromatic amines is 1. The van der Waals surface area contributed by atoms with E-state index in [0.717, 1.165) is 0 Å². The third-order valence-electron chi connectivity index (χ3n) is 3.90. The van der Waals surface area contributed by atoms with Crippen LogP contribution in [0.15, 0.2) is 16.2 Å². The fraction of sp³-hybridized carbons (Fsp3) is 0.545. The van der Waals surface area contributed by atoms with Crippen LogP contribution in [0.2, 0.25) is 0 Å². The molecule has 1 fully saturated rings. The van der Waals surface area contributed by atoms with E-state index in [1.807, 2.05) is 0 Å². The normalized spacial score (nSPS) is 29.7. The first kappa shape index (κ1) is 16.2. The van der Waals surface area contributed by atoms with Crippen molar-refractivity contribution in [2.24, 2.45) is 5.11 Å². The first-order valence-electron chi connectivity index (χ1n) is 6.81. The van der Waals surface area contributed by atoms with Gasteiger partial charge in [-0.15, -0.1) is 0 Å². The maximum atomic E-state index is 11.8. The Kier molecular flexibility index (Phi) is 3.87. The second kappa shape index (κ2) is 5.74. The van der Waals surface area contributed by atoms with Crippen molar-refractivity contribution < 1.29 is 20.1 Å². The Bertz CT molecular complexity index is 873. The number of anilines is 1. The van der Waals surface area contributed by atoms with Crippen molar-refractivity contribution in [3.63, 3.8) is 0 Å². The molecule has 13 nitrogen and oxygen atoms in total. The smallest absolute Gasteiger partial charge is 0.280 e. The van der Waals surface area contributed by atoms with Crippen LogP contribution in [0.5, 0.6) is 0 Å². The lowest BCUT2D eigenvalue weighted by molar-refractivity contribution is -0.121. The lowest BCUT2D eigenvalue weighted by Gasteiger charge is -2.27. The summed E-state index contributed by atoms with van der Waals surface area (Å²) >= 11 is 0. The van der Waals surface area contributed by atoms with Gasteiger partial charge in [-0.3, -0.25) is 14.3 Å². The monoisotopic (exact) mass is 338 g/mol. The Labute approximate surface area is 133 Å². The van der Waals surface area contributed by atoms with Crippen molar-refractivity contribution in [1.29, 1.82) is 0 Å². The molecule has 6 N–H and O–H groups in total. The van der Waals surface area contributed by atoms with E-state index in [4.69, 9.17) is 16.0 Å². The molecule has 1 aliphatic rings. The average molecular weight is 338 g/mol. The molecule has 0 radical (unpaired) electrons. The number of rotatable bonds is 4. The van der Waals surface area contributed by atoms with Gasteiger partial charge in [0.1, 0.15) is 17.8 Å². The molecule has 0 aliphatic carbocycles. The highest BCUT2D eigenvalue weighted by Crippen LogP contribution is 2.38. The van der Waals surface area contributed by atoms with Crippen LogP contribution < -0.4 is 11.3 Å². The lowest BCUT2D eigenvalue weighted by atomic mass is 9.96. The second-order valence-corrected chi connectivity index (χ2v) is 5.33. The molecule has 0 aromatic carbocycles. The van der Waals surface area contributed by atoms with Crippen LogP contribution in [0.1, 0.15) is 6.23 Å². The number of aliphatic hydroxyl groups is 3. The number of imidazole rings is 1. The summed E-state index contributed by atoms with van der Waals surface area (Å²) in [7, 11) is 0. The Hall–Kier alpha value is -2.70. The van der Waals surface area contributed by atoms with Gasteiger partial charge in [0, 0.05) is 4.91 Å². The molecule has 24 heavy (non-hydrogen) atoms. The highest BCUT2D eigenvalue weighted by molar-refractivity contribution is 5.70. The molecule has 2 aromatic rings. The van der Waals surface area contributed by atoms with E-state index in [2.05, 4.69) is 25.0 Å². The van der Waals surface area contributed by atoms with Gasteiger partial charge in [-0.05, 0) is 5.53 Å². The minimum absolute atomic E-state index is 0.0324. The average Bonchev–Trinajstić information content (AvgIpc) is 3.07. The molecular weight excluding hydrogens is 324 g/mol. The number of ether oxygens (including phenoxy) is 1. The lowest BCUT2D eigenvalue weighted by Crippen LogP contribution is -2.48. The van der Waals surface area contributed by atoms with Gasteiger partial charge >= 0.3 is 0 Å². The summed E-state index contributed by atoms with van der Waals surface area (Å²) in [4.78, 5) is 24.5. The van der Waals surface area contributed by atoms with E-state index in [9.17, 15) is 20.1 Å². The van der Waals surface area contributed by atoms with E-state index in [0.29, 0.717) is 0 Å². The molecule has 3 rings (SSSR count). The summed E-state index contributed by atoms with van der Waals surface area (Å²) in [6.45, 7) is -1.11. The van der Waals surface area contributed by atoms with Gasteiger partial charge < -0.3 is 25.8 Å². The first-order valence-corrected chi connectivity index (χ1v) is 6.81. The molecule has 13 heteroatoms. The van der Waals surface area contributed by atoms with Crippen LogP contribution in [-0.2, 0) is 4.74 Å². The molecular formula is C11H14N8O5. The molecule has 2 aromatic heterocycles. The van der Waals surface area contributed by atoms with E-state index in [-0.39, 0.29) is 17.1 Å². The Morgan fingerprint density at radius 3 is 3.00 bits per heavy atom. The Morgan fingerprint density at radius 2 is 2.33 bits per heavy atom. The largest absolute Gasteiger partial charge is 0.393 e. The quantitative estimate of drug-likeness (QED) is 0.238. The SMILES string of the molecule is [N-]=[N+]=NC[C@]1(CO)O[C@@H](n2cnc3c(=O)[nH]c(N)nc32)[C@H](O)[C@@H]1O. The number of aliphatic hydroxyl groups excluding tert-OH is 3. The van der Waals surface area contributed by atoms with Gasteiger partial charge in [0.05, 0.1) is 19.5 Å². The number of hydrogen-bond acceptors (Lipinski definition) is 9. The molecule has 4 atom stereocenters. The summed E-state index contributed by atoms with van der Waals surface area (Å²) in [6.07, 6.45) is -3.08. The van der Waals surface area contributed by atoms with Crippen molar-refractivity contribution in [2.45, 2.75) is 24.0 Å². The van der Waals surface area contributed by atoms with Crippen LogP contribution in [0.4, 0.5) is 5.95 Å². The molecule has 0 bridgehead atoms. The number of nitrogens with two attached hydrogens (primary N) is 1. The van der Waals surface area contributed by atoms with E-state index in [1.54, 1.807) is 0 Å². The number of nitrogen functional groups attached to an aromatic ring is 1. The second-order valence-electron chi connectivity index (χ2n) is 5.33. The minimum atomic E-state index is -1.69. The van der Waals surface area contributed by atoms with Crippen molar-refractivity contribution in [2.75, 3.05) is 18.9 Å². The molecule has 0 saturated carbocycles. The molecule has 3 heterocycles. The number of hydrogen-bond donors (Lipinski definition) is 5. The zero-order chi connectivity index (χ0) is 17.5. The molecule has 128 valence electrons. The molecule has 0 amide bonds. The highest BCUT2D eigenvalue weighted by Gasteiger charge is 2.54. The van der Waals surface area contributed by atoms with E-state index < -0.39 is 42.7 Å². The molecule has 1 saturated heterocycles. The molecule has 0 spiro atoms. The van der Waals surface area contributed by atoms with E-state index >= 15 is 0 Å². The van der Waals surface area contributed by atoms with Crippen molar-refractivity contribution in [3.8, 4) is 0 Å². The number of nitrogens with one attached hydrogen (secondary N) is 1. The number of fused-ring (bicyclic) bond motifs is 1. The van der Waals surface area contributed by atoms with Crippen molar-refractivity contribution in [1.82, 2.24) is 19.5 Å². The van der Waals surface area contributed by atoms with E-state index in [1.165, 1.54) is 10.9 Å². The number of H-pyrrole nitrogens is 1. The Morgan fingerprint density at radius 1 is 1.58 bits per heavy atom. The third kappa shape index (κ3) is 2.28. The maximum absolute atomic E-state index is 11.8. The van der Waals surface area contributed by atoms with Crippen LogP contribution in [0.3, 0.4) is 0 Å². The van der Waals surface area contributed by atoms with Gasteiger partial charge in [-0.1, -0.05) is 5.11 Å². The predicted octanol–water partition coefficient (Wildman–Crippen LogP) is -2.01. The number of azide groups is 1. The summed E-state index contributed by atoms with van der Waals surface area (Å²) < 4.78 is 6.78. The molecule has 1 aliphatic heterocycles.